The summed E-state index contributed by atoms with van der Waals surface area (Å²) in [6, 6.07) is 4.80. The SMILES string of the molecule is Fc1ccc(OCC2COCCO2)c(C2CCNCC2)c1. The fourth-order valence-electron chi connectivity index (χ4n) is 2.92. The molecule has 0 spiro atoms. The van der Waals surface area contributed by atoms with Gasteiger partial charge in [0.2, 0.25) is 0 Å². The Balaban J connectivity index is 1.68. The zero-order valence-corrected chi connectivity index (χ0v) is 12.1. The molecule has 0 saturated carbocycles. The minimum absolute atomic E-state index is 0.0373. The van der Waals surface area contributed by atoms with Crippen molar-refractivity contribution in [2.24, 2.45) is 0 Å². The second kappa shape index (κ2) is 7.20. The average Bonchev–Trinajstić information content (AvgIpc) is 2.55. The first-order valence-electron chi connectivity index (χ1n) is 7.65. The zero-order chi connectivity index (χ0) is 14.5. The van der Waals surface area contributed by atoms with Crippen molar-refractivity contribution in [3.8, 4) is 5.75 Å². The lowest BCUT2D eigenvalue weighted by Gasteiger charge is -2.27. The fraction of sp³-hybridized carbons (Fsp3) is 0.625. The average molecular weight is 295 g/mol. The van der Waals surface area contributed by atoms with Gasteiger partial charge in [0.15, 0.2) is 0 Å². The topological polar surface area (TPSA) is 39.7 Å². The van der Waals surface area contributed by atoms with Crippen LogP contribution in [-0.4, -0.2) is 45.6 Å². The van der Waals surface area contributed by atoms with Crippen molar-refractivity contribution < 1.29 is 18.6 Å². The summed E-state index contributed by atoms with van der Waals surface area (Å²) in [5, 5.41) is 3.33. The minimum atomic E-state index is -0.201. The van der Waals surface area contributed by atoms with Crippen molar-refractivity contribution in [2.75, 3.05) is 39.5 Å². The first-order chi connectivity index (χ1) is 10.3. The van der Waals surface area contributed by atoms with Gasteiger partial charge in [0.05, 0.1) is 19.8 Å². The lowest BCUT2D eigenvalue weighted by atomic mass is 9.89. The lowest BCUT2D eigenvalue weighted by Crippen LogP contribution is -2.33. The molecule has 21 heavy (non-hydrogen) atoms. The highest BCUT2D eigenvalue weighted by Crippen LogP contribution is 2.33. The van der Waals surface area contributed by atoms with E-state index in [9.17, 15) is 4.39 Å². The first-order valence-corrected chi connectivity index (χ1v) is 7.65. The van der Waals surface area contributed by atoms with Gasteiger partial charge in [-0.15, -0.1) is 0 Å². The van der Waals surface area contributed by atoms with E-state index < -0.39 is 0 Å². The monoisotopic (exact) mass is 295 g/mol. The number of ether oxygens (including phenoxy) is 3. The number of hydrogen-bond acceptors (Lipinski definition) is 4. The third kappa shape index (κ3) is 3.93. The molecule has 1 aromatic carbocycles. The van der Waals surface area contributed by atoms with E-state index >= 15 is 0 Å². The van der Waals surface area contributed by atoms with Crippen LogP contribution in [-0.2, 0) is 9.47 Å². The van der Waals surface area contributed by atoms with Crippen LogP contribution in [0.1, 0.15) is 24.3 Å². The number of benzene rings is 1. The van der Waals surface area contributed by atoms with E-state index in [0.717, 1.165) is 37.2 Å². The smallest absolute Gasteiger partial charge is 0.123 e. The van der Waals surface area contributed by atoms with Gasteiger partial charge in [0.25, 0.3) is 0 Å². The summed E-state index contributed by atoms with van der Waals surface area (Å²) in [4.78, 5) is 0. The van der Waals surface area contributed by atoms with E-state index in [1.165, 1.54) is 6.07 Å². The maximum Gasteiger partial charge on any atom is 0.123 e. The van der Waals surface area contributed by atoms with E-state index in [2.05, 4.69) is 5.32 Å². The minimum Gasteiger partial charge on any atom is -0.490 e. The highest BCUT2D eigenvalue weighted by atomic mass is 19.1. The zero-order valence-electron chi connectivity index (χ0n) is 12.1. The number of nitrogens with one attached hydrogen (secondary N) is 1. The highest BCUT2D eigenvalue weighted by Gasteiger charge is 2.21. The Labute approximate surface area is 124 Å². The summed E-state index contributed by atoms with van der Waals surface area (Å²) < 4.78 is 30.4. The van der Waals surface area contributed by atoms with Gasteiger partial charge in [-0.1, -0.05) is 0 Å². The van der Waals surface area contributed by atoms with Crippen LogP contribution in [0.4, 0.5) is 4.39 Å². The van der Waals surface area contributed by atoms with Crippen LogP contribution in [0, 0.1) is 5.82 Å². The van der Waals surface area contributed by atoms with Crippen LogP contribution in [0.25, 0.3) is 0 Å². The third-order valence-corrected chi connectivity index (χ3v) is 4.06. The van der Waals surface area contributed by atoms with Gasteiger partial charge in [0, 0.05) is 5.56 Å². The molecule has 0 bridgehead atoms. The molecule has 2 aliphatic heterocycles. The molecule has 0 radical (unpaired) electrons. The molecular weight excluding hydrogens is 273 g/mol. The van der Waals surface area contributed by atoms with Crippen LogP contribution in [0.3, 0.4) is 0 Å². The highest BCUT2D eigenvalue weighted by molar-refractivity contribution is 5.37. The summed E-state index contributed by atoms with van der Waals surface area (Å²) in [5.41, 5.74) is 0.980. The number of rotatable bonds is 4. The van der Waals surface area contributed by atoms with Crippen LogP contribution >= 0.6 is 0 Å². The van der Waals surface area contributed by atoms with Gasteiger partial charge in [-0.3, -0.25) is 0 Å². The quantitative estimate of drug-likeness (QED) is 0.923. The summed E-state index contributed by atoms with van der Waals surface area (Å²) in [6.07, 6.45) is 2.00. The summed E-state index contributed by atoms with van der Waals surface area (Å²) in [6.45, 7) is 4.21. The number of hydrogen-bond donors (Lipinski definition) is 1. The molecule has 116 valence electrons. The van der Waals surface area contributed by atoms with Gasteiger partial charge in [-0.2, -0.15) is 0 Å². The Hall–Kier alpha value is -1.17. The molecule has 1 N–H and O–H groups in total. The van der Waals surface area contributed by atoms with Crippen LogP contribution in [0.2, 0.25) is 0 Å². The van der Waals surface area contributed by atoms with Gasteiger partial charge in [-0.05, 0) is 50.0 Å². The molecule has 1 aromatic rings. The van der Waals surface area contributed by atoms with E-state index in [-0.39, 0.29) is 11.9 Å². The standard InChI is InChI=1S/C16H22FNO3/c17-13-1-2-16(21-11-14-10-19-7-8-20-14)15(9-13)12-3-5-18-6-4-12/h1-2,9,12,14,18H,3-8,10-11H2. The molecule has 1 atom stereocenters. The molecule has 2 heterocycles. The van der Waals surface area contributed by atoms with E-state index in [1.54, 1.807) is 12.1 Å². The second-order valence-corrected chi connectivity index (χ2v) is 5.59. The molecule has 0 amide bonds. The van der Waals surface area contributed by atoms with Gasteiger partial charge < -0.3 is 19.5 Å². The Morgan fingerprint density at radius 1 is 1.24 bits per heavy atom. The van der Waals surface area contributed by atoms with Crippen molar-refractivity contribution >= 4 is 0 Å². The predicted molar refractivity (Wildman–Crippen MR) is 77.3 cm³/mol. The molecule has 2 aliphatic rings. The fourth-order valence-corrected chi connectivity index (χ4v) is 2.92. The normalized spacial score (nSPS) is 24.0. The van der Waals surface area contributed by atoms with Gasteiger partial charge >= 0.3 is 0 Å². The molecule has 0 aliphatic carbocycles. The first kappa shape index (κ1) is 14.8. The van der Waals surface area contributed by atoms with Gasteiger partial charge in [0.1, 0.15) is 24.3 Å². The molecular formula is C16H22FNO3. The third-order valence-electron chi connectivity index (χ3n) is 4.06. The Bertz CT molecular complexity index is 457. The largest absolute Gasteiger partial charge is 0.490 e. The Morgan fingerprint density at radius 3 is 2.86 bits per heavy atom. The van der Waals surface area contributed by atoms with Crippen LogP contribution in [0.5, 0.6) is 5.75 Å². The van der Waals surface area contributed by atoms with Crippen LogP contribution < -0.4 is 10.1 Å². The maximum absolute atomic E-state index is 13.6. The lowest BCUT2D eigenvalue weighted by molar-refractivity contribution is -0.101. The van der Waals surface area contributed by atoms with Crippen molar-refractivity contribution in [1.29, 1.82) is 0 Å². The molecule has 4 nitrogen and oxygen atoms in total. The van der Waals surface area contributed by atoms with E-state index in [1.807, 2.05) is 0 Å². The molecule has 2 fully saturated rings. The van der Waals surface area contributed by atoms with E-state index in [4.69, 9.17) is 14.2 Å². The summed E-state index contributed by atoms with van der Waals surface area (Å²) >= 11 is 0. The van der Waals surface area contributed by atoms with E-state index in [0.29, 0.717) is 32.3 Å². The molecule has 3 rings (SSSR count). The van der Waals surface area contributed by atoms with Crippen LogP contribution in [0.15, 0.2) is 18.2 Å². The van der Waals surface area contributed by atoms with Gasteiger partial charge in [-0.25, -0.2) is 4.39 Å². The van der Waals surface area contributed by atoms with Crippen molar-refractivity contribution in [3.63, 3.8) is 0 Å². The molecule has 5 heteroatoms. The summed E-state index contributed by atoms with van der Waals surface area (Å²) in [7, 11) is 0. The molecule has 0 aromatic heterocycles. The van der Waals surface area contributed by atoms with Crippen molar-refractivity contribution in [3.05, 3.63) is 29.6 Å². The molecule has 2 saturated heterocycles. The van der Waals surface area contributed by atoms with Crippen molar-refractivity contribution in [1.82, 2.24) is 5.32 Å². The Kier molecular flexibility index (Phi) is 5.06. The number of halogens is 1. The second-order valence-electron chi connectivity index (χ2n) is 5.59. The predicted octanol–water partition coefficient (Wildman–Crippen LogP) is 2.09. The Morgan fingerprint density at radius 2 is 2.10 bits per heavy atom. The summed E-state index contributed by atoms with van der Waals surface area (Å²) in [5.74, 6) is 0.936. The number of piperidine rings is 1. The molecule has 1 unspecified atom stereocenters. The van der Waals surface area contributed by atoms with Crippen molar-refractivity contribution in [2.45, 2.75) is 24.9 Å². The maximum atomic E-state index is 13.6.